The van der Waals surface area contributed by atoms with E-state index < -0.39 is 10.0 Å². The first kappa shape index (κ1) is 22.2. The Morgan fingerprint density at radius 2 is 1.79 bits per heavy atom. The Morgan fingerprint density at radius 1 is 1.07 bits per heavy atom. The molecule has 1 atom stereocenters. The van der Waals surface area contributed by atoms with Gasteiger partial charge in [0.1, 0.15) is 0 Å². The quantitative estimate of drug-likeness (QED) is 0.647. The minimum atomic E-state index is -3.30. The van der Waals surface area contributed by atoms with Gasteiger partial charge in [0.2, 0.25) is 15.9 Å². The molecule has 2 aliphatic heterocycles. The molecular weight excluding hydrogens is 386 g/mol. The molecule has 0 spiro atoms. The third kappa shape index (κ3) is 6.79. The second kappa shape index (κ2) is 10.5. The fourth-order valence-corrected chi connectivity index (χ4v) is 5.64. The molecule has 1 aromatic carbocycles. The molecule has 1 unspecified atom stereocenters. The van der Waals surface area contributed by atoms with Crippen molar-refractivity contribution < 1.29 is 13.2 Å². The molecule has 162 valence electrons. The SMILES string of the molecule is CS(=O)(=O)N(CCN1CCCCC1)C1CCCN(C(=O)CCc2ccccc2)C1. The van der Waals surface area contributed by atoms with Gasteiger partial charge >= 0.3 is 0 Å². The van der Waals surface area contributed by atoms with Crippen LogP contribution in [0.1, 0.15) is 44.1 Å². The summed E-state index contributed by atoms with van der Waals surface area (Å²) in [7, 11) is -3.30. The minimum absolute atomic E-state index is 0.107. The number of hydrogen-bond acceptors (Lipinski definition) is 4. The van der Waals surface area contributed by atoms with E-state index in [-0.39, 0.29) is 11.9 Å². The van der Waals surface area contributed by atoms with Gasteiger partial charge in [-0.3, -0.25) is 4.79 Å². The summed E-state index contributed by atoms with van der Waals surface area (Å²) in [6.45, 7) is 4.67. The van der Waals surface area contributed by atoms with Crippen molar-refractivity contribution in [2.45, 2.75) is 51.0 Å². The van der Waals surface area contributed by atoms with Gasteiger partial charge in [-0.05, 0) is 50.8 Å². The van der Waals surface area contributed by atoms with Crippen LogP contribution in [0.4, 0.5) is 0 Å². The first-order valence-corrected chi connectivity index (χ1v) is 12.8. The van der Waals surface area contributed by atoms with Gasteiger partial charge in [0.25, 0.3) is 0 Å². The van der Waals surface area contributed by atoms with Gasteiger partial charge in [0, 0.05) is 38.6 Å². The van der Waals surface area contributed by atoms with Crippen molar-refractivity contribution in [2.24, 2.45) is 0 Å². The average molecular weight is 422 g/mol. The summed E-state index contributed by atoms with van der Waals surface area (Å²) in [5.41, 5.74) is 1.16. The number of aryl methyl sites for hydroxylation is 1. The normalized spacial score (nSPS) is 21.4. The highest BCUT2D eigenvalue weighted by atomic mass is 32.2. The third-order valence-electron chi connectivity index (χ3n) is 6.14. The van der Waals surface area contributed by atoms with Crippen LogP contribution in [-0.2, 0) is 21.2 Å². The van der Waals surface area contributed by atoms with Gasteiger partial charge in [-0.15, -0.1) is 0 Å². The van der Waals surface area contributed by atoms with Crippen LogP contribution >= 0.6 is 0 Å². The summed E-state index contributed by atoms with van der Waals surface area (Å²) in [5.74, 6) is 0.128. The molecule has 0 radical (unpaired) electrons. The zero-order valence-electron chi connectivity index (χ0n) is 17.6. The highest BCUT2D eigenvalue weighted by Crippen LogP contribution is 2.20. The lowest BCUT2D eigenvalue weighted by Crippen LogP contribution is -2.53. The van der Waals surface area contributed by atoms with Gasteiger partial charge in [-0.25, -0.2) is 8.42 Å². The molecule has 0 bridgehead atoms. The smallest absolute Gasteiger partial charge is 0.222 e. The molecule has 29 heavy (non-hydrogen) atoms. The maximum atomic E-state index is 12.7. The number of rotatable bonds is 8. The third-order valence-corrected chi connectivity index (χ3v) is 7.47. The zero-order valence-corrected chi connectivity index (χ0v) is 18.4. The van der Waals surface area contributed by atoms with E-state index in [9.17, 15) is 13.2 Å². The summed E-state index contributed by atoms with van der Waals surface area (Å²) in [4.78, 5) is 17.0. The van der Waals surface area contributed by atoms with Crippen molar-refractivity contribution in [3.05, 3.63) is 35.9 Å². The van der Waals surface area contributed by atoms with E-state index in [4.69, 9.17) is 0 Å². The standard InChI is InChI=1S/C22H35N3O3S/c1-29(27,28)25(18-17-23-14-6-3-7-15-23)21-11-8-16-24(19-21)22(26)13-12-20-9-4-2-5-10-20/h2,4-5,9-10,21H,3,6-8,11-19H2,1H3. The molecule has 1 amide bonds. The molecule has 1 aromatic rings. The van der Waals surface area contributed by atoms with Crippen molar-refractivity contribution in [3.8, 4) is 0 Å². The lowest BCUT2D eigenvalue weighted by Gasteiger charge is -2.39. The van der Waals surface area contributed by atoms with E-state index >= 15 is 0 Å². The molecule has 2 heterocycles. The van der Waals surface area contributed by atoms with Crippen LogP contribution in [0.25, 0.3) is 0 Å². The highest BCUT2D eigenvalue weighted by Gasteiger charge is 2.32. The zero-order chi connectivity index (χ0) is 20.7. The van der Waals surface area contributed by atoms with E-state index in [0.29, 0.717) is 19.5 Å². The van der Waals surface area contributed by atoms with E-state index in [2.05, 4.69) is 4.90 Å². The lowest BCUT2D eigenvalue weighted by molar-refractivity contribution is -0.132. The number of sulfonamides is 1. The molecule has 0 aromatic heterocycles. The van der Waals surface area contributed by atoms with Crippen LogP contribution in [0.3, 0.4) is 0 Å². The van der Waals surface area contributed by atoms with Crippen molar-refractivity contribution in [2.75, 3.05) is 45.5 Å². The topological polar surface area (TPSA) is 60.9 Å². The molecule has 7 heteroatoms. The fourth-order valence-electron chi connectivity index (χ4n) is 4.51. The fraction of sp³-hybridized carbons (Fsp3) is 0.682. The van der Waals surface area contributed by atoms with Crippen LogP contribution in [0.5, 0.6) is 0 Å². The Bertz CT molecular complexity index is 748. The predicted octanol–water partition coefficient (Wildman–Crippen LogP) is 2.36. The van der Waals surface area contributed by atoms with Gasteiger partial charge in [-0.1, -0.05) is 36.8 Å². The molecule has 0 aliphatic carbocycles. The maximum Gasteiger partial charge on any atom is 0.222 e. The monoisotopic (exact) mass is 421 g/mol. The number of nitrogens with zero attached hydrogens (tertiary/aromatic N) is 3. The minimum Gasteiger partial charge on any atom is -0.341 e. The predicted molar refractivity (Wildman–Crippen MR) is 116 cm³/mol. The van der Waals surface area contributed by atoms with Crippen molar-refractivity contribution in [3.63, 3.8) is 0 Å². The molecule has 2 saturated heterocycles. The van der Waals surface area contributed by atoms with E-state index in [1.807, 2.05) is 35.2 Å². The summed E-state index contributed by atoms with van der Waals surface area (Å²) < 4.78 is 26.6. The van der Waals surface area contributed by atoms with Crippen LogP contribution in [0.15, 0.2) is 30.3 Å². The van der Waals surface area contributed by atoms with Crippen molar-refractivity contribution in [1.29, 1.82) is 0 Å². The Kier molecular flexibility index (Phi) is 8.09. The summed E-state index contributed by atoms with van der Waals surface area (Å²) in [6.07, 6.45) is 7.87. The Balaban J connectivity index is 1.56. The van der Waals surface area contributed by atoms with E-state index in [1.165, 1.54) is 25.5 Å². The van der Waals surface area contributed by atoms with Crippen LogP contribution < -0.4 is 0 Å². The van der Waals surface area contributed by atoms with Gasteiger partial charge in [0.05, 0.1) is 6.26 Å². The first-order chi connectivity index (χ1) is 13.9. The Labute approximate surface area is 175 Å². The Morgan fingerprint density at radius 3 is 2.48 bits per heavy atom. The van der Waals surface area contributed by atoms with Gasteiger partial charge in [0.15, 0.2) is 0 Å². The van der Waals surface area contributed by atoms with Gasteiger partial charge in [-0.2, -0.15) is 4.31 Å². The number of benzene rings is 1. The highest BCUT2D eigenvalue weighted by molar-refractivity contribution is 7.88. The number of piperidine rings is 2. The van der Waals surface area contributed by atoms with E-state index in [1.54, 1.807) is 4.31 Å². The number of hydrogen-bond donors (Lipinski definition) is 0. The summed E-state index contributed by atoms with van der Waals surface area (Å²) >= 11 is 0. The van der Waals surface area contributed by atoms with Crippen LogP contribution in [0, 0.1) is 0 Å². The summed E-state index contributed by atoms with van der Waals surface area (Å²) in [6, 6.07) is 9.93. The van der Waals surface area contributed by atoms with Gasteiger partial charge < -0.3 is 9.80 Å². The second-order valence-electron chi connectivity index (χ2n) is 8.40. The van der Waals surface area contributed by atoms with Crippen LogP contribution in [-0.4, -0.2) is 80.0 Å². The summed E-state index contributed by atoms with van der Waals surface area (Å²) in [5, 5.41) is 0. The molecule has 3 rings (SSSR count). The Hall–Kier alpha value is -1.44. The molecule has 0 N–H and O–H groups in total. The second-order valence-corrected chi connectivity index (χ2v) is 10.3. The molecular formula is C22H35N3O3S. The largest absolute Gasteiger partial charge is 0.341 e. The molecule has 6 nitrogen and oxygen atoms in total. The van der Waals surface area contributed by atoms with E-state index in [0.717, 1.165) is 51.0 Å². The van der Waals surface area contributed by atoms with Crippen molar-refractivity contribution in [1.82, 2.24) is 14.1 Å². The van der Waals surface area contributed by atoms with Crippen molar-refractivity contribution >= 4 is 15.9 Å². The number of amides is 1. The average Bonchev–Trinajstić information content (AvgIpc) is 2.73. The first-order valence-electron chi connectivity index (χ1n) is 10.9. The molecule has 2 aliphatic rings. The lowest BCUT2D eigenvalue weighted by atomic mass is 10.0. The molecule has 2 fully saturated rings. The number of carbonyl (C=O) groups excluding carboxylic acids is 1. The number of likely N-dealkylation sites (tertiary alicyclic amines) is 2. The molecule has 0 saturated carbocycles. The maximum absolute atomic E-state index is 12.7. The van der Waals surface area contributed by atoms with Crippen LogP contribution in [0.2, 0.25) is 0 Å². The number of carbonyl (C=O) groups is 1.